The third-order valence-electron chi connectivity index (χ3n) is 5.64. The van der Waals surface area contributed by atoms with E-state index in [1.165, 1.54) is 17.8 Å². The largest absolute Gasteiger partial charge is 0.469 e. The van der Waals surface area contributed by atoms with Crippen LogP contribution in [0.15, 0.2) is 45.3 Å². The second kappa shape index (κ2) is 12.7. The Labute approximate surface area is 200 Å². The zero-order valence-electron chi connectivity index (χ0n) is 17.5. The van der Waals surface area contributed by atoms with Crippen molar-refractivity contribution in [2.45, 2.75) is 19.3 Å². The highest BCUT2D eigenvalue weighted by molar-refractivity contribution is 14.0. The normalized spacial score (nSPS) is 20.3. The molecule has 4 heterocycles. The van der Waals surface area contributed by atoms with Gasteiger partial charge in [0.25, 0.3) is 0 Å². The number of rotatable bonds is 8. The van der Waals surface area contributed by atoms with Crippen molar-refractivity contribution in [1.29, 1.82) is 0 Å². The molecule has 0 amide bonds. The number of aliphatic imine (C=N–C) groups is 1. The Bertz CT molecular complexity index is 732. The minimum absolute atomic E-state index is 0. The van der Waals surface area contributed by atoms with Crippen LogP contribution in [0.3, 0.4) is 0 Å². The number of nitrogens with zero attached hydrogens (tertiary/aromatic N) is 3. The lowest BCUT2D eigenvalue weighted by atomic mass is 10.1. The molecule has 1 atom stereocenters. The van der Waals surface area contributed by atoms with Crippen molar-refractivity contribution in [1.82, 2.24) is 15.1 Å². The number of morpholine rings is 1. The number of nitrogens with one attached hydrogen (secondary N) is 1. The zero-order chi connectivity index (χ0) is 19.7. The fraction of sp³-hybridized carbons (Fsp3) is 0.591. The average Bonchev–Trinajstić information content (AvgIpc) is 3.51. The Morgan fingerprint density at radius 3 is 2.83 bits per heavy atom. The van der Waals surface area contributed by atoms with Crippen LogP contribution in [0.5, 0.6) is 0 Å². The highest BCUT2D eigenvalue weighted by Gasteiger charge is 2.27. The molecule has 166 valence electrons. The van der Waals surface area contributed by atoms with Gasteiger partial charge in [-0.25, -0.2) is 0 Å². The van der Waals surface area contributed by atoms with E-state index in [0.717, 1.165) is 77.0 Å². The average molecular weight is 545 g/mol. The molecule has 6 nitrogen and oxygen atoms in total. The Morgan fingerprint density at radius 1 is 1.17 bits per heavy atom. The standard InChI is InChI=1S/C22H32N4O2S.HI/c1-3-20(28-13-1)5-8-23-22(24-9-6-21-4-2-16-29-21)26-10-7-19(18-26)17-25-11-14-27-15-12-25;/h1-4,13,16,19H,5-12,14-15,17-18H2,(H,23,24);1H. The minimum Gasteiger partial charge on any atom is -0.469 e. The van der Waals surface area contributed by atoms with E-state index in [2.05, 4.69) is 32.6 Å². The third kappa shape index (κ3) is 7.25. The molecular weight excluding hydrogens is 511 g/mol. The fourth-order valence-electron chi connectivity index (χ4n) is 4.07. The van der Waals surface area contributed by atoms with Crippen LogP contribution in [0, 0.1) is 5.92 Å². The molecule has 2 aromatic heterocycles. The predicted octanol–water partition coefficient (Wildman–Crippen LogP) is 3.34. The summed E-state index contributed by atoms with van der Waals surface area (Å²) in [5.74, 6) is 2.78. The first-order chi connectivity index (χ1) is 14.4. The summed E-state index contributed by atoms with van der Waals surface area (Å²) < 4.78 is 11.0. The summed E-state index contributed by atoms with van der Waals surface area (Å²) in [5.41, 5.74) is 0. The van der Waals surface area contributed by atoms with Crippen LogP contribution < -0.4 is 5.32 Å². The van der Waals surface area contributed by atoms with Gasteiger partial charge in [0.05, 0.1) is 19.5 Å². The van der Waals surface area contributed by atoms with Gasteiger partial charge in [0.15, 0.2) is 5.96 Å². The van der Waals surface area contributed by atoms with Crippen LogP contribution in [0.2, 0.25) is 0 Å². The summed E-state index contributed by atoms with van der Waals surface area (Å²) >= 11 is 1.81. The van der Waals surface area contributed by atoms with Crippen LogP contribution in [0.1, 0.15) is 17.1 Å². The van der Waals surface area contributed by atoms with Gasteiger partial charge >= 0.3 is 0 Å². The molecule has 0 bridgehead atoms. The number of hydrogen-bond donors (Lipinski definition) is 1. The van der Waals surface area contributed by atoms with E-state index in [1.54, 1.807) is 6.26 Å². The first-order valence-electron chi connectivity index (χ1n) is 10.7. The molecule has 8 heteroatoms. The van der Waals surface area contributed by atoms with Gasteiger partial charge in [-0.05, 0) is 35.9 Å². The summed E-state index contributed by atoms with van der Waals surface area (Å²) in [4.78, 5) is 11.4. The number of halogens is 1. The summed E-state index contributed by atoms with van der Waals surface area (Å²) in [5, 5.41) is 5.73. The highest BCUT2D eigenvalue weighted by atomic mass is 127. The van der Waals surface area contributed by atoms with Crippen molar-refractivity contribution >= 4 is 41.3 Å². The van der Waals surface area contributed by atoms with Crippen molar-refractivity contribution in [2.75, 3.05) is 59.0 Å². The second-order valence-electron chi connectivity index (χ2n) is 7.80. The van der Waals surface area contributed by atoms with Crippen LogP contribution >= 0.6 is 35.3 Å². The topological polar surface area (TPSA) is 53.2 Å². The van der Waals surface area contributed by atoms with Crippen molar-refractivity contribution in [3.8, 4) is 0 Å². The first kappa shape index (κ1) is 23.6. The Morgan fingerprint density at radius 2 is 2.07 bits per heavy atom. The number of hydrogen-bond acceptors (Lipinski definition) is 5. The highest BCUT2D eigenvalue weighted by Crippen LogP contribution is 2.18. The van der Waals surface area contributed by atoms with Crippen LogP contribution in [0.4, 0.5) is 0 Å². The van der Waals surface area contributed by atoms with E-state index in [0.29, 0.717) is 5.92 Å². The Hall–Kier alpha value is -1.10. The SMILES string of the molecule is I.c1coc(CCNC(=NCCc2cccs2)N2CCC(CN3CCOCC3)C2)c1. The van der Waals surface area contributed by atoms with Crippen LogP contribution in [0.25, 0.3) is 0 Å². The molecule has 2 aliphatic rings. The molecule has 2 aromatic rings. The smallest absolute Gasteiger partial charge is 0.193 e. The van der Waals surface area contributed by atoms with Crippen molar-refractivity contribution in [2.24, 2.45) is 10.9 Å². The minimum atomic E-state index is 0. The quantitative estimate of drug-likeness (QED) is 0.314. The number of likely N-dealkylation sites (tertiary alicyclic amines) is 1. The molecule has 0 saturated carbocycles. The van der Waals surface area contributed by atoms with E-state index in [9.17, 15) is 0 Å². The molecule has 0 spiro atoms. The van der Waals surface area contributed by atoms with Gasteiger partial charge in [0, 0.05) is 63.5 Å². The molecule has 30 heavy (non-hydrogen) atoms. The predicted molar refractivity (Wildman–Crippen MR) is 133 cm³/mol. The van der Waals surface area contributed by atoms with Gasteiger partial charge < -0.3 is 19.4 Å². The zero-order valence-corrected chi connectivity index (χ0v) is 20.6. The van der Waals surface area contributed by atoms with Gasteiger partial charge in [0.1, 0.15) is 5.76 Å². The number of thiophene rings is 1. The lowest BCUT2D eigenvalue weighted by molar-refractivity contribution is 0.0315. The van der Waals surface area contributed by atoms with E-state index in [4.69, 9.17) is 14.1 Å². The maximum atomic E-state index is 5.49. The molecule has 2 aliphatic heterocycles. The van der Waals surface area contributed by atoms with E-state index >= 15 is 0 Å². The summed E-state index contributed by atoms with van der Waals surface area (Å²) in [7, 11) is 0. The third-order valence-corrected chi connectivity index (χ3v) is 6.58. The van der Waals surface area contributed by atoms with Gasteiger partial charge in [-0.15, -0.1) is 35.3 Å². The van der Waals surface area contributed by atoms with Crippen molar-refractivity contribution < 1.29 is 9.15 Å². The maximum absolute atomic E-state index is 5.49. The van der Waals surface area contributed by atoms with Crippen LogP contribution in [-0.4, -0.2) is 74.8 Å². The van der Waals surface area contributed by atoms with E-state index in [1.807, 2.05) is 23.5 Å². The van der Waals surface area contributed by atoms with Crippen molar-refractivity contribution in [3.63, 3.8) is 0 Å². The molecule has 1 N–H and O–H groups in total. The molecule has 0 aromatic carbocycles. The fourth-order valence-corrected chi connectivity index (χ4v) is 4.77. The summed E-state index contributed by atoms with van der Waals surface area (Å²) in [6.07, 6.45) is 4.86. The number of ether oxygens (including phenoxy) is 1. The van der Waals surface area contributed by atoms with E-state index in [-0.39, 0.29) is 24.0 Å². The van der Waals surface area contributed by atoms with Gasteiger partial charge in [-0.1, -0.05) is 6.07 Å². The van der Waals surface area contributed by atoms with Gasteiger partial charge in [-0.3, -0.25) is 9.89 Å². The van der Waals surface area contributed by atoms with E-state index < -0.39 is 0 Å². The van der Waals surface area contributed by atoms with Gasteiger partial charge in [0.2, 0.25) is 0 Å². The molecule has 1 unspecified atom stereocenters. The lowest BCUT2D eigenvalue weighted by Gasteiger charge is -2.29. The monoisotopic (exact) mass is 544 g/mol. The molecular formula is C22H33IN4O2S. The molecule has 4 rings (SSSR count). The number of guanidine groups is 1. The molecule has 0 radical (unpaired) electrons. The maximum Gasteiger partial charge on any atom is 0.193 e. The first-order valence-corrected chi connectivity index (χ1v) is 11.6. The summed E-state index contributed by atoms with van der Waals surface area (Å²) in [6, 6.07) is 8.28. The molecule has 0 aliphatic carbocycles. The Balaban J connectivity index is 0.00000256. The molecule has 2 saturated heterocycles. The van der Waals surface area contributed by atoms with Crippen molar-refractivity contribution in [3.05, 3.63) is 46.5 Å². The summed E-state index contributed by atoms with van der Waals surface area (Å²) in [6.45, 7) is 8.90. The lowest BCUT2D eigenvalue weighted by Crippen LogP contribution is -2.43. The molecule has 2 fully saturated rings. The second-order valence-corrected chi connectivity index (χ2v) is 8.84. The van der Waals surface area contributed by atoms with Gasteiger partial charge in [-0.2, -0.15) is 0 Å². The Kier molecular flexibility index (Phi) is 9.96. The van der Waals surface area contributed by atoms with Crippen LogP contribution in [-0.2, 0) is 17.6 Å². The number of furan rings is 1.